The normalized spacial score (nSPS) is 9.83. The first-order valence-electron chi connectivity index (χ1n) is 4.00. The molecule has 0 aromatic heterocycles. The van der Waals surface area contributed by atoms with Crippen molar-refractivity contribution in [2.24, 2.45) is 11.8 Å². The van der Waals surface area contributed by atoms with Crippen LogP contribution < -0.4 is 0 Å². The van der Waals surface area contributed by atoms with Crippen LogP contribution in [0.15, 0.2) is 0 Å². The maximum Gasteiger partial charge on any atom is 0.142 e. The Kier molecular flexibility index (Phi) is 8.75. The number of carbonyl (C=O) groups excluding carboxylic acids is 2. The Bertz CT molecular complexity index is 144. The van der Waals surface area contributed by atoms with Crippen molar-refractivity contribution in [3.05, 3.63) is 0 Å². The second kappa shape index (κ2) is 6.99. The number of ketones is 2. The SMILES string of the molecule is CC(C)C(=O)CC(=O)C(C)C.[La]. The van der Waals surface area contributed by atoms with E-state index in [1.165, 1.54) is 0 Å². The summed E-state index contributed by atoms with van der Waals surface area (Å²) in [6, 6.07) is 0. The van der Waals surface area contributed by atoms with Gasteiger partial charge in [-0.25, -0.2) is 0 Å². The van der Waals surface area contributed by atoms with Crippen LogP contribution in [0.1, 0.15) is 34.1 Å². The zero-order chi connectivity index (χ0) is 9.02. The van der Waals surface area contributed by atoms with Gasteiger partial charge in [-0.15, -0.1) is 0 Å². The molecular formula is C9H16LaO2. The second-order valence-corrected chi connectivity index (χ2v) is 3.42. The van der Waals surface area contributed by atoms with E-state index in [2.05, 4.69) is 0 Å². The molecule has 0 aromatic carbocycles. The Balaban J connectivity index is 0. The molecule has 2 nitrogen and oxygen atoms in total. The summed E-state index contributed by atoms with van der Waals surface area (Å²) in [6.45, 7) is 7.26. The fourth-order valence-corrected chi connectivity index (χ4v) is 0.580. The van der Waals surface area contributed by atoms with Gasteiger partial charge in [0.05, 0.1) is 6.42 Å². The van der Waals surface area contributed by atoms with Crippen LogP contribution in [0.2, 0.25) is 0 Å². The van der Waals surface area contributed by atoms with Gasteiger partial charge in [0.15, 0.2) is 0 Å². The van der Waals surface area contributed by atoms with Gasteiger partial charge in [0.1, 0.15) is 11.6 Å². The van der Waals surface area contributed by atoms with E-state index in [0.717, 1.165) is 0 Å². The molecule has 0 unspecified atom stereocenters. The van der Waals surface area contributed by atoms with Crippen molar-refractivity contribution in [2.45, 2.75) is 34.1 Å². The quantitative estimate of drug-likeness (QED) is 0.742. The third-order valence-electron chi connectivity index (χ3n) is 1.64. The number of hydrogen-bond acceptors (Lipinski definition) is 2. The van der Waals surface area contributed by atoms with E-state index < -0.39 is 0 Å². The minimum atomic E-state index is -0.0160. The zero-order valence-electron chi connectivity index (χ0n) is 8.26. The van der Waals surface area contributed by atoms with E-state index in [4.69, 9.17) is 0 Å². The second-order valence-electron chi connectivity index (χ2n) is 3.42. The van der Waals surface area contributed by atoms with Crippen LogP contribution in [0.25, 0.3) is 0 Å². The third-order valence-corrected chi connectivity index (χ3v) is 1.64. The summed E-state index contributed by atoms with van der Waals surface area (Å²) < 4.78 is 0. The van der Waals surface area contributed by atoms with E-state index in [-0.39, 0.29) is 65.4 Å². The number of Topliss-reactive ketones (excluding diaryl/α,β-unsaturated/α-hetero) is 2. The summed E-state index contributed by atoms with van der Waals surface area (Å²) in [4.78, 5) is 22.1. The topological polar surface area (TPSA) is 34.1 Å². The van der Waals surface area contributed by atoms with Crippen LogP contribution in [0, 0.1) is 47.4 Å². The van der Waals surface area contributed by atoms with Crippen LogP contribution in [0.4, 0.5) is 0 Å². The first-order valence-corrected chi connectivity index (χ1v) is 4.00. The van der Waals surface area contributed by atoms with Crippen molar-refractivity contribution in [1.29, 1.82) is 0 Å². The van der Waals surface area contributed by atoms with Gasteiger partial charge in [-0.1, -0.05) is 27.7 Å². The number of carbonyl (C=O) groups is 2. The van der Waals surface area contributed by atoms with Gasteiger partial charge in [0.2, 0.25) is 0 Å². The minimum absolute atomic E-state index is 0. The average Bonchev–Trinajstić information content (AvgIpc) is 1.87. The zero-order valence-corrected chi connectivity index (χ0v) is 11.9. The molecule has 3 heteroatoms. The molecule has 12 heavy (non-hydrogen) atoms. The first kappa shape index (κ1) is 15.0. The van der Waals surface area contributed by atoms with Crippen molar-refractivity contribution in [1.82, 2.24) is 0 Å². The summed E-state index contributed by atoms with van der Waals surface area (Å²) in [6.07, 6.45) is 0.106. The Labute approximate surface area is 102 Å². The first-order chi connectivity index (χ1) is 4.95. The maximum atomic E-state index is 11.0. The summed E-state index contributed by atoms with van der Waals surface area (Å²) in [7, 11) is 0. The molecule has 0 fully saturated rings. The van der Waals surface area contributed by atoms with Gasteiger partial charge in [0, 0.05) is 47.4 Å². The van der Waals surface area contributed by atoms with Crippen LogP contribution in [-0.4, -0.2) is 11.6 Å². The molecule has 0 aliphatic carbocycles. The van der Waals surface area contributed by atoms with E-state index in [0.29, 0.717) is 0 Å². The Hall–Kier alpha value is 0.535. The Morgan fingerprint density at radius 3 is 1.33 bits per heavy atom. The van der Waals surface area contributed by atoms with Crippen LogP contribution in [0.3, 0.4) is 0 Å². The van der Waals surface area contributed by atoms with Gasteiger partial charge in [0.25, 0.3) is 0 Å². The van der Waals surface area contributed by atoms with Crippen LogP contribution in [-0.2, 0) is 9.59 Å². The predicted octanol–water partition coefficient (Wildman–Crippen LogP) is 1.83. The number of rotatable bonds is 4. The predicted molar refractivity (Wildman–Crippen MR) is 44.3 cm³/mol. The van der Waals surface area contributed by atoms with Crippen molar-refractivity contribution in [3.63, 3.8) is 0 Å². The molecule has 0 amide bonds. The fourth-order valence-electron chi connectivity index (χ4n) is 0.580. The molecule has 0 heterocycles. The molecule has 0 bridgehead atoms. The van der Waals surface area contributed by atoms with E-state index in [9.17, 15) is 9.59 Å². The Morgan fingerprint density at radius 1 is 0.917 bits per heavy atom. The molecular weight excluding hydrogens is 279 g/mol. The van der Waals surface area contributed by atoms with Gasteiger partial charge in [-0.3, -0.25) is 9.59 Å². The molecule has 0 aromatic rings. The monoisotopic (exact) mass is 295 g/mol. The molecule has 0 aliphatic heterocycles. The number of hydrogen-bond donors (Lipinski definition) is 0. The van der Waals surface area contributed by atoms with Crippen molar-refractivity contribution >= 4 is 11.6 Å². The average molecular weight is 295 g/mol. The molecule has 0 N–H and O–H groups in total. The fraction of sp³-hybridized carbons (Fsp3) is 0.778. The van der Waals surface area contributed by atoms with Crippen LogP contribution >= 0.6 is 0 Å². The standard InChI is InChI=1S/C9H16O2.La/c1-6(2)8(10)5-9(11)7(3)4;/h6-7H,5H2,1-4H3;. The van der Waals surface area contributed by atoms with Gasteiger partial charge >= 0.3 is 0 Å². The van der Waals surface area contributed by atoms with E-state index in [1.807, 2.05) is 27.7 Å². The molecule has 0 spiro atoms. The largest absolute Gasteiger partial charge is 0.299 e. The Morgan fingerprint density at radius 2 is 1.17 bits per heavy atom. The van der Waals surface area contributed by atoms with Gasteiger partial charge < -0.3 is 0 Å². The summed E-state index contributed by atoms with van der Waals surface area (Å²) in [5.74, 6) is 0.0581. The smallest absolute Gasteiger partial charge is 0.142 e. The molecule has 0 saturated carbocycles. The molecule has 67 valence electrons. The van der Waals surface area contributed by atoms with E-state index >= 15 is 0 Å². The molecule has 0 saturated heterocycles. The summed E-state index contributed by atoms with van der Waals surface area (Å²) in [5.41, 5.74) is 0. The molecule has 0 rings (SSSR count). The third kappa shape index (κ3) is 6.10. The minimum Gasteiger partial charge on any atom is -0.299 e. The summed E-state index contributed by atoms with van der Waals surface area (Å²) >= 11 is 0. The maximum absolute atomic E-state index is 11.0. The molecule has 1 radical (unpaired) electrons. The molecule has 0 aliphatic rings. The molecule has 0 atom stereocenters. The van der Waals surface area contributed by atoms with Crippen molar-refractivity contribution < 1.29 is 45.2 Å². The van der Waals surface area contributed by atoms with Crippen molar-refractivity contribution in [3.8, 4) is 0 Å². The van der Waals surface area contributed by atoms with Gasteiger partial charge in [-0.05, 0) is 0 Å². The van der Waals surface area contributed by atoms with E-state index in [1.54, 1.807) is 0 Å². The summed E-state index contributed by atoms with van der Waals surface area (Å²) in [5, 5.41) is 0. The van der Waals surface area contributed by atoms with Crippen molar-refractivity contribution in [2.75, 3.05) is 0 Å². The van der Waals surface area contributed by atoms with Crippen LogP contribution in [0.5, 0.6) is 0 Å². The van der Waals surface area contributed by atoms with Gasteiger partial charge in [-0.2, -0.15) is 0 Å².